The molecule has 0 aromatic rings. The molecule has 0 spiro atoms. The average molecular weight is 303 g/mol. The molecule has 0 aromatic carbocycles. The van der Waals surface area contributed by atoms with Crippen molar-refractivity contribution in [2.24, 2.45) is 17.8 Å². The van der Waals surface area contributed by atoms with Crippen LogP contribution in [0.5, 0.6) is 0 Å². The van der Waals surface area contributed by atoms with Gasteiger partial charge in [-0.3, -0.25) is 4.79 Å². The Morgan fingerprint density at radius 2 is 2.10 bits per heavy atom. The van der Waals surface area contributed by atoms with E-state index >= 15 is 0 Å². The summed E-state index contributed by atoms with van der Waals surface area (Å²) in [7, 11) is 0. The van der Waals surface area contributed by atoms with E-state index in [2.05, 4.69) is 24.1 Å². The van der Waals surface area contributed by atoms with Gasteiger partial charge in [-0.15, -0.1) is 12.4 Å². The van der Waals surface area contributed by atoms with Gasteiger partial charge in [-0.1, -0.05) is 13.8 Å². The van der Waals surface area contributed by atoms with Crippen molar-refractivity contribution >= 4 is 18.3 Å². The quantitative estimate of drug-likeness (QED) is 0.846. The molecule has 0 saturated carbocycles. The van der Waals surface area contributed by atoms with Gasteiger partial charge in [-0.05, 0) is 62.9 Å². The Morgan fingerprint density at radius 3 is 2.75 bits per heavy atom. The first kappa shape index (κ1) is 17.8. The van der Waals surface area contributed by atoms with Gasteiger partial charge in [0.1, 0.15) is 0 Å². The number of nitrogens with one attached hydrogen (secondary N) is 1. The third kappa shape index (κ3) is 5.61. The van der Waals surface area contributed by atoms with E-state index in [4.69, 9.17) is 0 Å². The van der Waals surface area contributed by atoms with Crippen molar-refractivity contribution in [3.8, 4) is 0 Å². The van der Waals surface area contributed by atoms with Crippen LogP contribution < -0.4 is 5.32 Å². The lowest BCUT2D eigenvalue weighted by Gasteiger charge is -2.34. The fraction of sp³-hybridized carbons (Fsp3) is 0.938. The minimum Gasteiger partial charge on any atom is -0.342 e. The van der Waals surface area contributed by atoms with E-state index in [-0.39, 0.29) is 12.4 Å². The topological polar surface area (TPSA) is 32.3 Å². The highest BCUT2D eigenvalue weighted by molar-refractivity contribution is 5.85. The Kier molecular flexibility index (Phi) is 7.90. The van der Waals surface area contributed by atoms with Gasteiger partial charge in [0.15, 0.2) is 0 Å². The number of likely N-dealkylation sites (tertiary alicyclic amines) is 1. The van der Waals surface area contributed by atoms with E-state index in [1.807, 2.05) is 0 Å². The molecule has 0 aromatic heterocycles. The van der Waals surface area contributed by atoms with Crippen LogP contribution in [0.3, 0.4) is 0 Å². The smallest absolute Gasteiger partial charge is 0.222 e. The Labute approximate surface area is 130 Å². The highest BCUT2D eigenvalue weighted by Crippen LogP contribution is 2.24. The minimum absolute atomic E-state index is 0. The molecule has 20 heavy (non-hydrogen) atoms. The normalized spacial score (nSPS) is 26.6. The number of amides is 1. The van der Waals surface area contributed by atoms with Gasteiger partial charge in [0.2, 0.25) is 5.91 Å². The van der Waals surface area contributed by atoms with Crippen LogP contribution >= 0.6 is 12.4 Å². The van der Waals surface area contributed by atoms with Crippen molar-refractivity contribution in [2.75, 3.05) is 26.2 Å². The summed E-state index contributed by atoms with van der Waals surface area (Å²) in [5.74, 6) is 2.64. The molecule has 1 N–H and O–H groups in total. The second kappa shape index (κ2) is 8.89. The lowest BCUT2D eigenvalue weighted by atomic mass is 9.89. The zero-order valence-corrected chi connectivity index (χ0v) is 13.9. The summed E-state index contributed by atoms with van der Waals surface area (Å²) in [6.07, 6.45) is 6.89. The maximum Gasteiger partial charge on any atom is 0.222 e. The summed E-state index contributed by atoms with van der Waals surface area (Å²) in [4.78, 5) is 14.4. The van der Waals surface area contributed by atoms with Crippen molar-refractivity contribution in [3.05, 3.63) is 0 Å². The van der Waals surface area contributed by atoms with Crippen molar-refractivity contribution in [2.45, 2.75) is 52.4 Å². The summed E-state index contributed by atoms with van der Waals surface area (Å²) >= 11 is 0. The number of carbonyl (C=O) groups excluding carboxylic acids is 1. The van der Waals surface area contributed by atoms with E-state index in [1.54, 1.807) is 0 Å². The van der Waals surface area contributed by atoms with Crippen LogP contribution in [0.1, 0.15) is 52.4 Å². The Morgan fingerprint density at radius 1 is 1.30 bits per heavy atom. The molecule has 3 nitrogen and oxygen atoms in total. The van der Waals surface area contributed by atoms with Crippen molar-refractivity contribution < 1.29 is 4.79 Å². The largest absolute Gasteiger partial charge is 0.342 e. The molecule has 0 aliphatic carbocycles. The minimum atomic E-state index is 0. The third-order valence-electron chi connectivity index (χ3n) is 4.61. The van der Waals surface area contributed by atoms with Gasteiger partial charge in [0, 0.05) is 19.5 Å². The average Bonchev–Trinajstić information content (AvgIpc) is 2.88. The third-order valence-corrected chi connectivity index (χ3v) is 4.61. The molecule has 118 valence electrons. The summed E-state index contributed by atoms with van der Waals surface area (Å²) in [6.45, 7) is 8.83. The van der Waals surface area contributed by atoms with Gasteiger partial charge in [-0.2, -0.15) is 0 Å². The molecule has 2 unspecified atom stereocenters. The van der Waals surface area contributed by atoms with Crippen LogP contribution in [0.25, 0.3) is 0 Å². The molecule has 2 atom stereocenters. The number of rotatable bonds is 5. The van der Waals surface area contributed by atoms with Gasteiger partial charge >= 0.3 is 0 Å². The highest BCUT2D eigenvalue weighted by atomic mass is 35.5. The number of halogens is 1. The molecule has 0 radical (unpaired) electrons. The first-order valence-corrected chi connectivity index (χ1v) is 8.13. The second-order valence-corrected chi connectivity index (χ2v) is 6.88. The van der Waals surface area contributed by atoms with Crippen LogP contribution in [0.4, 0.5) is 0 Å². The van der Waals surface area contributed by atoms with E-state index in [1.165, 1.54) is 25.7 Å². The standard InChI is InChI=1S/C16H30N2O.ClH/c1-13(2)10-15-4-3-9-18(12-15)16(19)6-5-14-7-8-17-11-14;/h13-15,17H,3-12H2,1-2H3;1H. The SMILES string of the molecule is CC(C)CC1CCCN(C(=O)CCC2CCNC2)C1.Cl. The van der Waals surface area contributed by atoms with E-state index in [0.717, 1.165) is 56.8 Å². The molecule has 1 amide bonds. The molecule has 2 aliphatic heterocycles. The fourth-order valence-corrected chi connectivity index (χ4v) is 3.60. The molecule has 2 fully saturated rings. The van der Waals surface area contributed by atoms with Gasteiger partial charge < -0.3 is 10.2 Å². The van der Waals surface area contributed by atoms with Crippen molar-refractivity contribution in [3.63, 3.8) is 0 Å². The van der Waals surface area contributed by atoms with Crippen molar-refractivity contribution in [1.29, 1.82) is 0 Å². The first-order valence-electron chi connectivity index (χ1n) is 8.13. The Bertz CT molecular complexity index is 290. The molecule has 4 heteroatoms. The summed E-state index contributed by atoms with van der Waals surface area (Å²) in [6, 6.07) is 0. The van der Waals surface area contributed by atoms with Gasteiger partial charge in [0.25, 0.3) is 0 Å². The maximum absolute atomic E-state index is 12.3. The second-order valence-electron chi connectivity index (χ2n) is 6.88. The van der Waals surface area contributed by atoms with E-state index in [0.29, 0.717) is 5.91 Å². The molecular formula is C16H31ClN2O. The zero-order valence-electron chi connectivity index (χ0n) is 13.1. The number of nitrogens with zero attached hydrogens (tertiary/aromatic N) is 1. The molecule has 2 aliphatic rings. The van der Waals surface area contributed by atoms with E-state index in [9.17, 15) is 4.79 Å². The van der Waals surface area contributed by atoms with Crippen molar-refractivity contribution in [1.82, 2.24) is 10.2 Å². The Hall–Kier alpha value is -0.280. The highest BCUT2D eigenvalue weighted by Gasteiger charge is 2.25. The van der Waals surface area contributed by atoms with Gasteiger partial charge in [0.05, 0.1) is 0 Å². The summed E-state index contributed by atoms with van der Waals surface area (Å²) < 4.78 is 0. The predicted molar refractivity (Wildman–Crippen MR) is 86.2 cm³/mol. The summed E-state index contributed by atoms with van der Waals surface area (Å²) in [5, 5.41) is 3.38. The maximum atomic E-state index is 12.3. The lowest BCUT2D eigenvalue weighted by Crippen LogP contribution is -2.40. The lowest BCUT2D eigenvalue weighted by molar-refractivity contribution is -0.133. The first-order chi connectivity index (χ1) is 9.15. The number of hydrogen-bond donors (Lipinski definition) is 1. The number of hydrogen-bond acceptors (Lipinski definition) is 2. The number of carbonyl (C=O) groups is 1. The predicted octanol–water partition coefficient (Wildman–Crippen LogP) is 3.08. The Balaban J connectivity index is 0.00000200. The van der Waals surface area contributed by atoms with Gasteiger partial charge in [-0.25, -0.2) is 0 Å². The molecule has 2 heterocycles. The molecule has 2 rings (SSSR count). The molecular weight excluding hydrogens is 272 g/mol. The van der Waals surface area contributed by atoms with Crippen LogP contribution in [-0.2, 0) is 4.79 Å². The van der Waals surface area contributed by atoms with Crippen LogP contribution in [0.15, 0.2) is 0 Å². The van der Waals surface area contributed by atoms with Crippen LogP contribution in [0, 0.1) is 17.8 Å². The van der Waals surface area contributed by atoms with E-state index < -0.39 is 0 Å². The number of piperidine rings is 1. The molecule has 2 saturated heterocycles. The fourth-order valence-electron chi connectivity index (χ4n) is 3.60. The zero-order chi connectivity index (χ0) is 13.7. The molecule has 0 bridgehead atoms. The van der Waals surface area contributed by atoms with Crippen LogP contribution in [0.2, 0.25) is 0 Å². The monoisotopic (exact) mass is 302 g/mol. The van der Waals surface area contributed by atoms with Crippen LogP contribution in [-0.4, -0.2) is 37.0 Å². The summed E-state index contributed by atoms with van der Waals surface area (Å²) in [5.41, 5.74) is 0.